The van der Waals surface area contributed by atoms with Crippen molar-refractivity contribution in [3.8, 4) is 0 Å². The highest BCUT2D eigenvalue weighted by molar-refractivity contribution is 4.41. The lowest BCUT2D eigenvalue weighted by atomic mass is 10.4. The van der Waals surface area contributed by atoms with Crippen LogP contribution < -0.4 is 0 Å². The van der Waals surface area contributed by atoms with Gasteiger partial charge in [0, 0.05) is 20.3 Å². The van der Waals surface area contributed by atoms with Crippen molar-refractivity contribution in [2.75, 3.05) is 40.1 Å². The predicted molar refractivity (Wildman–Crippen MR) is 49.8 cm³/mol. The first-order valence-corrected chi connectivity index (χ1v) is 4.60. The molecule has 0 aliphatic heterocycles. The summed E-state index contributed by atoms with van der Waals surface area (Å²) < 4.78 is 15.2. The lowest BCUT2D eigenvalue weighted by molar-refractivity contribution is 0.00648. The second-order valence-electron chi connectivity index (χ2n) is 2.88. The molecule has 0 heterocycles. The lowest BCUT2D eigenvalue weighted by Crippen LogP contribution is -2.14. The van der Waals surface area contributed by atoms with Crippen LogP contribution in [0.25, 0.3) is 0 Å². The van der Waals surface area contributed by atoms with Crippen molar-refractivity contribution in [1.29, 1.82) is 0 Å². The molecule has 0 aliphatic carbocycles. The van der Waals surface area contributed by atoms with Gasteiger partial charge in [0.25, 0.3) is 0 Å². The average Bonchev–Trinajstić information content (AvgIpc) is 2.09. The highest BCUT2D eigenvalue weighted by Crippen LogP contribution is 1.86. The van der Waals surface area contributed by atoms with Gasteiger partial charge in [-0.05, 0) is 13.3 Å². The first-order chi connectivity index (χ1) is 6.27. The third kappa shape index (κ3) is 11.8. The number of hydrogen-bond acceptors (Lipinski definition) is 4. The molecule has 13 heavy (non-hydrogen) atoms. The standard InChI is InChI=1S/C9H20O4/c1-9(10)8-13-7-6-12-5-3-4-11-2/h9-10H,3-8H2,1-2H3/t9-/m0/s1. The van der Waals surface area contributed by atoms with E-state index in [1.165, 1.54) is 0 Å². The first-order valence-electron chi connectivity index (χ1n) is 4.60. The topological polar surface area (TPSA) is 47.9 Å². The molecule has 1 atom stereocenters. The van der Waals surface area contributed by atoms with Crippen LogP contribution >= 0.6 is 0 Å². The van der Waals surface area contributed by atoms with Gasteiger partial charge >= 0.3 is 0 Å². The number of methoxy groups -OCH3 is 1. The number of hydrogen-bond donors (Lipinski definition) is 1. The lowest BCUT2D eigenvalue weighted by Gasteiger charge is -2.06. The second-order valence-corrected chi connectivity index (χ2v) is 2.88. The van der Waals surface area contributed by atoms with Crippen molar-refractivity contribution in [3.63, 3.8) is 0 Å². The van der Waals surface area contributed by atoms with E-state index in [1.807, 2.05) is 0 Å². The molecule has 0 saturated heterocycles. The van der Waals surface area contributed by atoms with E-state index in [1.54, 1.807) is 14.0 Å². The number of ether oxygens (including phenoxy) is 3. The van der Waals surface area contributed by atoms with Crippen molar-refractivity contribution in [2.24, 2.45) is 0 Å². The Balaban J connectivity index is 2.84. The third-order valence-electron chi connectivity index (χ3n) is 1.37. The van der Waals surface area contributed by atoms with E-state index in [0.717, 1.165) is 13.0 Å². The Morgan fingerprint density at radius 2 is 1.77 bits per heavy atom. The fourth-order valence-electron chi connectivity index (χ4n) is 0.779. The Hall–Kier alpha value is -0.160. The summed E-state index contributed by atoms with van der Waals surface area (Å²) >= 11 is 0. The zero-order chi connectivity index (χ0) is 9.94. The van der Waals surface area contributed by atoms with Crippen LogP contribution in [0.3, 0.4) is 0 Å². The number of aliphatic hydroxyl groups excluding tert-OH is 1. The van der Waals surface area contributed by atoms with E-state index in [9.17, 15) is 0 Å². The molecule has 0 aliphatic rings. The minimum absolute atomic E-state index is 0.376. The molecule has 0 saturated carbocycles. The van der Waals surface area contributed by atoms with Gasteiger partial charge in [-0.3, -0.25) is 0 Å². The number of rotatable bonds is 9. The van der Waals surface area contributed by atoms with Crippen LogP contribution in [0.5, 0.6) is 0 Å². The van der Waals surface area contributed by atoms with Crippen LogP contribution in [0.2, 0.25) is 0 Å². The van der Waals surface area contributed by atoms with E-state index in [-0.39, 0.29) is 0 Å². The van der Waals surface area contributed by atoms with Gasteiger partial charge in [0.1, 0.15) is 0 Å². The summed E-state index contributed by atoms with van der Waals surface area (Å²) in [4.78, 5) is 0. The molecule has 1 N–H and O–H groups in total. The maximum Gasteiger partial charge on any atom is 0.0745 e. The molecule has 0 spiro atoms. The van der Waals surface area contributed by atoms with Crippen molar-refractivity contribution in [1.82, 2.24) is 0 Å². The molecule has 0 aromatic carbocycles. The van der Waals surface area contributed by atoms with Crippen LogP contribution in [-0.4, -0.2) is 51.4 Å². The summed E-state index contributed by atoms with van der Waals surface area (Å²) in [5.41, 5.74) is 0. The van der Waals surface area contributed by atoms with Gasteiger partial charge in [-0.25, -0.2) is 0 Å². The van der Waals surface area contributed by atoms with Crippen LogP contribution in [-0.2, 0) is 14.2 Å². The van der Waals surface area contributed by atoms with Gasteiger partial charge in [0.15, 0.2) is 0 Å². The van der Waals surface area contributed by atoms with E-state index in [4.69, 9.17) is 19.3 Å². The highest BCUT2D eigenvalue weighted by Gasteiger charge is 1.94. The van der Waals surface area contributed by atoms with Gasteiger partial charge < -0.3 is 19.3 Å². The largest absolute Gasteiger partial charge is 0.391 e. The molecule has 4 heteroatoms. The maximum absolute atomic E-state index is 8.84. The Morgan fingerprint density at radius 1 is 1.08 bits per heavy atom. The Kier molecular flexibility index (Phi) is 9.80. The minimum Gasteiger partial charge on any atom is -0.391 e. The zero-order valence-electron chi connectivity index (χ0n) is 8.49. The van der Waals surface area contributed by atoms with E-state index >= 15 is 0 Å². The van der Waals surface area contributed by atoms with Crippen molar-refractivity contribution >= 4 is 0 Å². The Morgan fingerprint density at radius 3 is 2.38 bits per heavy atom. The molecule has 0 aromatic rings. The van der Waals surface area contributed by atoms with Crippen molar-refractivity contribution in [2.45, 2.75) is 19.4 Å². The molecule has 0 bridgehead atoms. The van der Waals surface area contributed by atoms with Crippen LogP contribution in [0, 0.1) is 0 Å². The van der Waals surface area contributed by atoms with E-state index in [0.29, 0.717) is 26.4 Å². The molecular weight excluding hydrogens is 172 g/mol. The Labute approximate surface area is 79.8 Å². The van der Waals surface area contributed by atoms with Gasteiger partial charge in [0.2, 0.25) is 0 Å². The molecule has 0 amide bonds. The van der Waals surface area contributed by atoms with Gasteiger partial charge in [-0.2, -0.15) is 0 Å². The fraction of sp³-hybridized carbons (Fsp3) is 1.00. The average molecular weight is 192 g/mol. The monoisotopic (exact) mass is 192 g/mol. The SMILES string of the molecule is COCCCOCCOC[C@H](C)O. The quantitative estimate of drug-likeness (QED) is 0.538. The molecule has 0 radical (unpaired) electrons. The van der Waals surface area contributed by atoms with E-state index < -0.39 is 6.10 Å². The molecule has 4 nitrogen and oxygen atoms in total. The fourth-order valence-corrected chi connectivity index (χ4v) is 0.779. The normalized spacial score (nSPS) is 13.2. The smallest absolute Gasteiger partial charge is 0.0745 e. The molecule has 80 valence electrons. The van der Waals surface area contributed by atoms with Gasteiger partial charge in [-0.15, -0.1) is 0 Å². The molecule has 0 rings (SSSR count). The molecule has 0 fully saturated rings. The van der Waals surface area contributed by atoms with Crippen LogP contribution in [0.1, 0.15) is 13.3 Å². The molecule has 0 unspecified atom stereocenters. The Bertz CT molecular complexity index is 95.6. The maximum atomic E-state index is 8.84. The third-order valence-corrected chi connectivity index (χ3v) is 1.37. The van der Waals surface area contributed by atoms with E-state index in [2.05, 4.69) is 0 Å². The van der Waals surface area contributed by atoms with Crippen LogP contribution in [0.15, 0.2) is 0 Å². The predicted octanol–water partition coefficient (Wildman–Crippen LogP) is 0.437. The van der Waals surface area contributed by atoms with Crippen molar-refractivity contribution in [3.05, 3.63) is 0 Å². The summed E-state index contributed by atoms with van der Waals surface area (Å²) in [5.74, 6) is 0. The second kappa shape index (κ2) is 9.92. The number of aliphatic hydroxyl groups is 1. The summed E-state index contributed by atoms with van der Waals surface area (Å²) in [6.45, 7) is 4.62. The summed E-state index contributed by atoms with van der Waals surface area (Å²) in [6, 6.07) is 0. The van der Waals surface area contributed by atoms with Crippen LogP contribution in [0.4, 0.5) is 0 Å². The van der Waals surface area contributed by atoms with Gasteiger partial charge in [0.05, 0.1) is 25.9 Å². The first kappa shape index (κ1) is 12.8. The summed E-state index contributed by atoms with van der Waals surface area (Å²) in [7, 11) is 1.67. The van der Waals surface area contributed by atoms with Gasteiger partial charge in [-0.1, -0.05) is 0 Å². The van der Waals surface area contributed by atoms with Crippen molar-refractivity contribution < 1.29 is 19.3 Å². The molecule has 0 aromatic heterocycles. The summed E-state index contributed by atoms with van der Waals surface area (Å²) in [6.07, 6.45) is 0.515. The zero-order valence-corrected chi connectivity index (χ0v) is 8.49. The summed E-state index contributed by atoms with van der Waals surface area (Å²) in [5, 5.41) is 8.84. The highest BCUT2D eigenvalue weighted by atomic mass is 16.5. The minimum atomic E-state index is -0.395. The molecular formula is C9H20O4.